The third kappa shape index (κ3) is 3.13. The Balaban J connectivity index is 1.67. The minimum Gasteiger partial charge on any atom is -0.388 e. The van der Waals surface area contributed by atoms with Crippen LogP contribution in [0, 0.1) is 22.7 Å². The van der Waals surface area contributed by atoms with Crippen LogP contribution in [0.2, 0.25) is 0 Å². The van der Waals surface area contributed by atoms with Gasteiger partial charge in [0.1, 0.15) is 12.8 Å². The molecule has 4 fully saturated rings. The van der Waals surface area contributed by atoms with Gasteiger partial charge in [0, 0.05) is 16.7 Å². The summed E-state index contributed by atoms with van der Waals surface area (Å²) < 4.78 is 52.6. The van der Waals surface area contributed by atoms with Crippen LogP contribution in [0.3, 0.4) is 0 Å². The second-order valence-electron chi connectivity index (χ2n) is 12.0. The Bertz CT molecular complexity index is 1010. The second kappa shape index (κ2) is 8.52. The summed E-state index contributed by atoms with van der Waals surface area (Å²) in [5, 5.41) is 10.0. The normalized spacial score (nSPS) is 49.4. The molecule has 8 heteroatoms. The van der Waals surface area contributed by atoms with Crippen LogP contribution in [0.1, 0.15) is 66.7 Å². The summed E-state index contributed by atoms with van der Waals surface area (Å²) in [6.45, 7) is 8.49. The topological polar surface area (TPSA) is 82.1 Å². The quantitative estimate of drug-likeness (QED) is 0.580. The van der Waals surface area contributed by atoms with Crippen LogP contribution in [-0.4, -0.2) is 65.3 Å². The average Bonchev–Trinajstić information content (AvgIpc) is 3.29. The van der Waals surface area contributed by atoms with E-state index in [9.17, 15) is 14.7 Å². The molecule has 1 heterocycles. The molecule has 0 spiro atoms. The fourth-order valence-electron chi connectivity index (χ4n) is 8.44. The third-order valence-corrected chi connectivity index (χ3v) is 9.92. The molecule has 6 nitrogen and oxygen atoms in total. The molecule has 5 aliphatic rings. The zero-order valence-corrected chi connectivity index (χ0v) is 21.8. The Hall–Kier alpha value is -1.48. The predicted octanol–water partition coefficient (Wildman–Crippen LogP) is 4.19. The first-order chi connectivity index (χ1) is 16.9. The molecular formula is C28H38F2O6. The minimum atomic E-state index is -2.02. The molecule has 0 bridgehead atoms. The van der Waals surface area contributed by atoms with Gasteiger partial charge in [-0.3, -0.25) is 9.59 Å². The largest absolute Gasteiger partial charge is 0.388 e. The van der Waals surface area contributed by atoms with Crippen molar-refractivity contribution in [3.05, 3.63) is 23.8 Å². The highest BCUT2D eigenvalue weighted by molar-refractivity contribution is 6.01. The van der Waals surface area contributed by atoms with E-state index in [-0.39, 0.29) is 30.3 Å². The summed E-state index contributed by atoms with van der Waals surface area (Å²) in [5.41, 5.74) is -5.62. The van der Waals surface area contributed by atoms with E-state index in [1.165, 1.54) is 18.2 Å². The molecule has 0 radical (unpaired) electrons. The number of Topliss-reactive ketones (excluding diaryl/α,β-unsaturated/α-hetero) is 1. The van der Waals surface area contributed by atoms with E-state index in [0.29, 0.717) is 12.8 Å². The number of aliphatic hydroxyl groups is 1. The molecule has 3 saturated carbocycles. The van der Waals surface area contributed by atoms with E-state index in [1.54, 1.807) is 6.92 Å². The molecule has 0 aromatic heterocycles. The number of ketones is 2. The minimum absolute atomic E-state index is 0.119. The number of carbonyl (C=O) groups excluding carboxylic acids is 2. The molecule has 10 atom stereocenters. The Morgan fingerprint density at radius 1 is 1.28 bits per heavy atom. The van der Waals surface area contributed by atoms with Gasteiger partial charge in [0.2, 0.25) is 0 Å². The van der Waals surface area contributed by atoms with Crippen molar-refractivity contribution in [1.29, 1.82) is 0 Å². The van der Waals surface area contributed by atoms with Crippen LogP contribution in [0.5, 0.6) is 0 Å². The highest BCUT2D eigenvalue weighted by Gasteiger charge is 2.80. The van der Waals surface area contributed by atoms with Crippen molar-refractivity contribution in [2.24, 2.45) is 22.7 Å². The lowest BCUT2D eigenvalue weighted by molar-refractivity contribution is -0.250. The number of aliphatic hydroxyl groups excluding tert-OH is 1. The summed E-state index contributed by atoms with van der Waals surface area (Å²) in [6, 6.07) is 0. The zero-order chi connectivity index (χ0) is 26.3. The smallest absolute Gasteiger partial charge is 0.193 e. The van der Waals surface area contributed by atoms with Crippen molar-refractivity contribution in [1.82, 2.24) is 0 Å². The molecule has 4 aliphatic carbocycles. The maximum absolute atomic E-state index is 17.9. The monoisotopic (exact) mass is 508 g/mol. The number of halogens is 2. The van der Waals surface area contributed by atoms with Crippen LogP contribution in [0.15, 0.2) is 23.8 Å². The molecule has 200 valence electrons. The lowest BCUT2D eigenvalue weighted by Crippen LogP contribution is -2.71. The molecular weight excluding hydrogens is 470 g/mol. The van der Waals surface area contributed by atoms with Gasteiger partial charge in [-0.1, -0.05) is 26.3 Å². The Labute approximate surface area is 211 Å². The van der Waals surface area contributed by atoms with E-state index in [2.05, 4.69) is 0 Å². The lowest BCUT2D eigenvalue weighted by Gasteiger charge is -2.64. The van der Waals surface area contributed by atoms with Crippen molar-refractivity contribution in [3.63, 3.8) is 0 Å². The number of alkyl halides is 2. The van der Waals surface area contributed by atoms with Crippen molar-refractivity contribution in [3.8, 4) is 0 Å². The molecule has 1 saturated heterocycles. The van der Waals surface area contributed by atoms with E-state index >= 15 is 8.78 Å². The van der Waals surface area contributed by atoms with Crippen molar-refractivity contribution < 1.29 is 37.7 Å². The summed E-state index contributed by atoms with van der Waals surface area (Å²) in [7, 11) is 0. The lowest BCUT2D eigenvalue weighted by atomic mass is 9.44. The zero-order valence-electron chi connectivity index (χ0n) is 21.8. The summed E-state index contributed by atoms with van der Waals surface area (Å²) in [4.78, 5) is 25.6. The molecule has 1 aliphatic heterocycles. The molecule has 5 rings (SSSR count). The van der Waals surface area contributed by atoms with Crippen LogP contribution < -0.4 is 0 Å². The molecule has 36 heavy (non-hydrogen) atoms. The van der Waals surface area contributed by atoms with Gasteiger partial charge >= 0.3 is 0 Å². The van der Waals surface area contributed by atoms with Gasteiger partial charge in [0.05, 0.1) is 18.3 Å². The van der Waals surface area contributed by atoms with Crippen LogP contribution in [0.25, 0.3) is 0 Å². The van der Waals surface area contributed by atoms with Gasteiger partial charge in [0.15, 0.2) is 29.1 Å². The first-order valence-electron chi connectivity index (χ1n) is 13.3. The first kappa shape index (κ1) is 26.1. The van der Waals surface area contributed by atoms with Crippen LogP contribution in [-0.2, 0) is 23.8 Å². The molecule has 1 unspecified atom stereocenters. The SMILES string of the molecule is CCCC1O[C@@H]2C[C@H]3[C@@H]4C[C@H](F)C5=CC(=O)C=C[C@]5(C)[C@@]4(F)[C@@H](OC(C)C)C[C@]3(C)[C@]2(C(=O)CO)O1. The highest BCUT2D eigenvalue weighted by atomic mass is 19.1. The number of ether oxygens (including phenoxy) is 3. The van der Waals surface area contributed by atoms with E-state index < -0.39 is 71.0 Å². The molecule has 1 N–H and O–H groups in total. The maximum atomic E-state index is 17.9. The van der Waals surface area contributed by atoms with Gasteiger partial charge in [-0.05, 0) is 70.1 Å². The molecule has 0 amide bonds. The third-order valence-electron chi connectivity index (χ3n) is 9.92. The second-order valence-corrected chi connectivity index (χ2v) is 12.0. The Morgan fingerprint density at radius 2 is 2.00 bits per heavy atom. The maximum Gasteiger partial charge on any atom is 0.193 e. The number of hydrogen-bond acceptors (Lipinski definition) is 6. The Morgan fingerprint density at radius 3 is 2.64 bits per heavy atom. The molecule has 0 aromatic carbocycles. The fraction of sp³-hybridized carbons (Fsp3) is 0.786. The van der Waals surface area contributed by atoms with Gasteiger partial charge in [-0.15, -0.1) is 0 Å². The van der Waals surface area contributed by atoms with Gasteiger partial charge in [-0.25, -0.2) is 8.78 Å². The van der Waals surface area contributed by atoms with Crippen LogP contribution in [0.4, 0.5) is 8.78 Å². The van der Waals surface area contributed by atoms with Crippen molar-refractivity contribution in [2.75, 3.05) is 6.61 Å². The van der Waals surface area contributed by atoms with Crippen LogP contribution >= 0.6 is 0 Å². The van der Waals surface area contributed by atoms with Gasteiger partial charge < -0.3 is 19.3 Å². The number of rotatable bonds is 6. The number of hydrogen-bond donors (Lipinski definition) is 1. The number of carbonyl (C=O) groups is 2. The van der Waals surface area contributed by atoms with Gasteiger partial charge in [0.25, 0.3) is 0 Å². The molecule has 0 aromatic rings. The summed E-state index contributed by atoms with van der Waals surface area (Å²) in [5.74, 6) is -2.07. The standard InChI is InChI=1S/C28H38F2O6/c1-6-7-24-35-22-12-17-18-11-20(29)19-10-16(32)8-9-25(19,4)27(18,30)23(34-15(2)3)13-26(17,5)28(22,36-24)21(33)14-31/h8-10,15,17-18,20,22-24,31H,6-7,11-14H2,1-5H3/t17-,18-,20-,22+,23-,24?,25-,26-,27-,28+/m0/s1. The van der Waals surface area contributed by atoms with Gasteiger partial charge in [-0.2, -0.15) is 0 Å². The van der Waals surface area contributed by atoms with E-state index in [1.807, 2.05) is 27.7 Å². The highest BCUT2D eigenvalue weighted by Crippen LogP contribution is 2.72. The van der Waals surface area contributed by atoms with E-state index in [0.717, 1.165) is 6.42 Å². The number of fused-ring (bicyclic) bond motifs is 7. The van der Waals surface area contributed by atoms with E-state index in [4.69, 9.17) is 14.2 Å². The van der Waals surface area contributed by atoms with Crippen molar-refractivity contribution >= 4 is 11.6 Å². The average molecular weight is 509 g/mol. The van der Waals surface area contributed by atoms with Crippen molar-refractivity contribution in [2.45, 2.75) is 109 Å². The summed E-state index contributed by atoms with van der Waals surface area (Å²) >= 11 is 0. The predicted molar refractivity (Wildman–Crippen MR) is 127 cm³/mol. The summed E-state index contributed by atoms with van der Waals surface area (Å²) in [6.07, 6.45) is 1.76. The Kier molecular flexibility index (Phi) is 6.18. The first-order valence-corrected chi connectivity index (χ1v) is 13.3. The fourth-order valence-corrected chi connectivity index (χ4v) is 8.44. The number of allylic oxidation sites excluding steroid dienone is 4.